The summed E-state index contributed by atoms with van der Waals surface area (Å²) in [5.41, 5.74) is 0.920. The third-order valence-electron chi connectivity index (χ3n) is 2.73. The Labute approximate surface area is 100 Å². The van der Waals surface area contributed by atoms with Crippen molar-refractivity contribution in [3.8, 4) is 0 Å². The average Bonchev–Trinajstić information content (AvgIpc) is 2.75. The Morgan fingerprint density at radius 2 is 2.00 bits per heavy atom. The molecular formula is C12H16N4O. The molecule has 0 aliphatic carbocycles. The van der Waals surface area contributed by atoms with Gasteiger partial charge in [-0.05, 0) is 16.7 Å². The van der Waals surface area contributed by atoms with Gasteiger partial charge in [0.1, 0.15) is 0 Å². The first kappa shape index (κ1) is 11.7. The number of rotatable bonds is 4. The van der Waals surface area contributed by atoms with Crippen LogP contribution in [0.5, 0.6) is 0 Å². The third kappa shape index (κ3) is 2.88. The Kier molecular flexibility index (Phi) is 3.49. The molecule has 5 heteroatoms. The molecule has 2 unspecified atom stereocenters. The Morgan fingerprint density at radius 3 is 2.59 bits per heavy atom. The second-order valence-electron chi connectivity index (χ2n) is 4.23. The number of aromatic nitrogens is 4. The molecule has 1 aromatic carbocycles. The number of tetrazole rings is 1. The first-order chi connectivity index (χ1) is 8.16. The first-order valence-electron chi connectivity index (χ1n) is 5.62. The van der Waals surface area contributed by atoms with Crippen LogP contribution < -0.4 is 0 Å². The number of nitrogens with zero attached hydrogens (tertiary/aromatic N) is 4. The largest absolute Gasteiger partial charge is 0.388 e. The number of aliphatic hydroxyl groups is 1. The van der Waals surface area contributed by atoms with Crippen LogP contribution in [0.3, 0.4) is 0 Å². The number of aliphatic hydroxyl groups excluding tert-OH is 1. The van der Waals surface area contributed by atoms with E-state index in [0.717, 1.165) is 5.56 Å². The third-order valence-corrected chi connectivity index (χ3v) is 2.73. The summed E-state index contributed by atoms with van der Waals surface area (Å²) in [4.78, 5) is 1.43. The van der Waals surface area contributed by atoms with Crippen LogP contribution in [0.2, 0.25) is 0 Å². The van der Waals surface area contributed by atoms with E-state index in [0.29, 0.717) is 12.2 Å². The van der Waals surface area contributed by atoms with Crippen LogP contribution in [0.25, 0.3) is 0 Å². The molecule has 0 aliphatic heterocycles. The van der Waals surface area contributed by atoms with Crippen molar-refractivity contribution in [3.63, 3.8) is 0 Å². The summed E-state index contributed by atoms with van der Waals surface area (Å²) >= 11 is 0. The molecule has 17 heavy (non-hydrogen) atoms. The maximum Gasteiger partial charge on any atom is 0.175 e. The molecule has 5 nitrogen and oxygen atoms in total. The molecule has 1 aromatic heterocycles. The molecule has 2 atom stereocenters. The zero-order valence-electron chi connectivity index (χ0n) is 9.98. The Hall–Kier alpha value is -1.75. The summed E-state index contributed by atoms with van der Waals surface area (Å²) in [5.74, 6) is 0.719. The van der Waals surface area contributed by atoms with E-state index in [-0.39, 0.29) is 5.92 Å². The maximum absolute atomic E-state index is 10.2. The van der Waals surface area contributed by atoms with Gasteiger partial charge in [0, 0.05) is 6.42 Å². The van der Waals surface area contributed by atoms with Gasteiger partial charge in [0.05, 0.1) is 13.2 Å². The topological polar surface area (TPSA) is 63.8 Å². The molecule has 2 rings (SSSR count). The predicted octanol–water partition coefficient (Wildman–Crippen LogP) is 1.12. The van der Waals surface area contributed by atoms with Crippen LogP contribution in [0.1, 0.15) is 24.4 Å². The van der Waals surface area contributed by atoms with Gasteiger partial charge in [-0.25, -0.2) is 0 Å². The predicted molar refractivity (Wildman–Crippen MR) is 63.1 cm³/mol. The summed E-state index contributed by atoms with van der Waals surface area (Å²) in [6.07, 6.45) is 0.115. The smallest absolute Gasteiger partial charge is 0.175 e. The molecule has 0 bridgehead atoms. The minimum Gasteiger partial charge on any atom is -0.388 e. The van der Waals surface area contributed by atoms with Gasteiger partial charge in [0.2, 0.25) is 0 Å². The quantitative estimate of drug-likeness (QED) is 0.858. The summed E-state index contributed by atoms with van der Waals surface area (Å²) in [5, 5.41) is 22.0. The molecule has 2 aromatic rings. The number of hydrogen-bond donors (Lipinski definition) is 1. The van der Waals surface area contributed by atoms with E-state index in [1.807, 2.05) is 37.3 Å². The number of aryl methyl sites for hydroxylation is 1. The number of benzene rings is 1. The number of hydrogen-bond acceptors (Lipinski definition) is 4. The minimum atomic E-state index is -0.500. The molecular weight excluding hydrogens is 216 g/mol. The second-order valence-corrected chi connectivity index (χ2v) is 4.23. The van der Waals surface area contributed by atoms with E-state index in [4.69, 9.17) is 0 Å². The molecule has 0 saturated heterocycles. The van der Waals surface area contributed by atoms with E-state index in [9.17, 15) is 5.11 Å². The van der Waals surface area contributed by atoms with Crippen molar-refractivity contribution in [2.75, 3.05) is 0 Å². The molecule has 0 aliphatic rings. The SMILES string of the molecule is CC(Cc1nnn(C)n1)C(O)c1ccccc1. The van der Waals surface area contributed by atoms with Crippen LogP contribution in [0.15, 0.2) is 30.3 Å². The average molecular weight is 232 g/mol. The molecule has 0 radical (unpaired) electrons. The highest BCUT2D eigenvalue weighted by atomic mass is 16.3. The minimum absolute atomic E-state index is 0.0570. The fourth-order valence-electron chi connectivity index (χ4n) is 1.78. The van der Waals surface area contributed by atoms with Gasteiger partial charge in [-0.1, -0.05) is 37.3 Å². The fourth-order valence-corrected chi connectivity index (χ4v) is 1.78. The molecule has 1 heterocycles. The highest BCUT2D eigenvalue weighted by Gasteiger charge is 2.18. The lowest BCUT2D eigenvalue weighted by Gasteiger charge is -2.17. The fraction of sp³-hybridized carbons (Fsp3) is 0.417. The Morgan fingerprint density at radius 1 is 1.29 bits per heavy atom. The summed E-state index contributed by atoms with van der Waals surface area (Å²) < 4.78 is 0. The van der Waals surface area contributed by atoms with E-state index < -0.39 is 6.10 Å². The molecule has 0 spiro atoms. The van der Waals surface area contributed by atoms with E-state index >= 15 is 0 Å². The van der Waals surface area contributed by atoms with Gasteiger partial charge in [-0.3, -0.25) is 0 Å². The highest BCUT2D eigenvalue weighted by Crippen LogP contribution is 2.23. The van der Waals surface area contributed by atoms with Crippen molar-refractivity contribution in [2.24, 2.45) is 13.0 Å². The Bertz CT molecular complexity index is 468. The monoisotopic (exact) mass is 232 g/mol. The second kappa shape index (κ2) is 5.05. The van der Waals surface area contributed by atoms with Gasteiger partial charge in [0.25, 0.3) is 0 Å². The summed E-state index contributed by atoms with van der Waals surface area (Å²) in [6.45, 7) is 1.98. The molecule has 0 fully saturated rings. The lowest BCUT2D eigenvalue weighted by molar-refractivity contribution is 0.116. The van der Waals surface area contributed by atoms with Crippen LogP contribution in [-0.2, 0) is 13.5 Å². The van der Waals surface area contributed by atoms with Gasteiger partial charge in [0.15, 0.2) is 5.82 Å². The van der Waals surface area contributed by atoms with E-state index in [1.54, 1.807) is 7.05 Å². The van der Waals surface area contributed by atoms with Crippen molar-refractivity contribution in [1.29, 1.82) is 0 Å². The zero-order chi connectivity index (χ0) is 12.3. The molecule has 0 saturated carbocycles. The Balaban J connectivity index is 2.03. The molecule has 1 N–H and O–H groups in total. The maximum atomic E-state index is 10.2. The standard InChI is InChI=1S/C12H16N4O/c1-9(8-11-13-15-16(2)14-11)12(17)10-6-4-3-5-7-10/h3-7,9,12,17H,8H2,1-2H3. The van der Waals surface area contributed by atoms with Crippen molar-refractivity contribution in [2.45, 2.75) is 19.4 Å². The van der Waals surface area contributed by atoms with Crippen LogP contribution in [0.4, 0.5) is 0 Å². The normalized spacial score (nSPS) is 14.5. The van der Waals surface area contributed by atoms with Gasteiger partial charge in [-0.15, -0.1) is 10.2 Å². The lowest BCUT2D eigenvalue weighted by atomic mass is 9.94. The van der Waals surface area contributed by atoms with Gasteiger partial charge < -0.3 is 5.11 Å². The molecule has 0 amide bonds. The van der Waals surface area contributed by atoms with Crippen LogP contribution in [-0.4, -0.2) is 25.3 Å². The first-order valence-corrected chi connectivity index (χ1v) is 5.62. The van der Waals surface area contributed by atoms with E-state index in [1.165, 1.54) is 4.80 Å². The van der Waals surface area contributed by atoms with Crippen molar-refractivity contribution in [3.05, 3.63) is 41.7 Å². The van der Waals surface area contributed by atoms with E-state index in [2.05, 4.69) is 15.4 Å². The van der Waals surface area contributed by atoms with Crippen molar-refractivity contribution < 1.29 is 5.11 Å². The summed E-state index contributed by atoms with van der Waals surface area (Å²) in [7, 11) is 1.73. The van der Waals surface area contributed by atoms with Crippen molar-refractivity contribution in [1.82, 2.24) is 20.2 Å². The van der Waals surface area contributed by atoms with Crippen LogP contribution in [0, 0.1) is 5.92 Å². The lowest BCUT2D eigenvalue weighted by Crippen LogP contribution is -2.13. The van der Waals surface area contributed by atoms with Crippen LogP contribution >= 0.6 is 0 Å². The van der Waals surface area contributed by atoms with Gasteiger partial charge in [-0.2, -0.15) is 4.80 Å². The van der Waals surface area contributed by atoms with Crippen molar-refractivity contribution >= 4 is 0 Å². The zero-order valence-corrected chi connectivity index (χ0v) is 9.98. The summed E-state index contributed by atoms with van der Waals surface area (Å²) in [6, 6.07) is 9.62. The highest BCUT2D eigenvalue weighted by molar-refractivity contribution is 5.18. The molecule has 90 valence electrons. The van der Waals surface area contributed by atoms with Gasteiger partial charge >= 0.3 is 0 Å².